The van der Waals surface area contributed by atoms with E-state index in [0.717, 1.165) is 128 Å². The minimum Gasteiger partial charge on any atom is -0.481 e. The summed E-state index contributed by atoms with van der Waals surface area (Å²) in [5.74, 6) is 27.0. The molecule has 0 bridgehead atoms. The number of aliphatic hydroxyl groups excluding tert-OH is 2. The van der Waals surface area contributed by atoms with Gasteiger partial charge in [-0.15, -0.1) is 23.7 Å². The number of aliphatic hydroxyl groups is 2. The number of unbranched alkanes of at least 4 members (excludes halogenated alkanes) is 25. The molecule has 0 saturated heterocycles. The van der Waals surface area contributed by atoms with Gasteiger partial charge in [0.2, 0.25) is 0 Å². The van der Waals surface area contributed by atoms with Crippen molar-refractivity contribution in [2.45, 2.75) is 280 Å². The van der Waals surface area contributed by atoms with Gasteiger partial charge < -0.3 is 20.1 Å². The minimum atomic E-state index is -3.00. The average molecular weight is 1390 g/mol. The molecular formula is C64H113BBr4NaO7P. The maximum Gasteiger partial charge on any atom is 1.00 e. The molecule has 14 heteroatoms. The molecule has 0 rings (SSSR count). The number of halogens is 4. The van der Waals surface area contributed by atoms with Crippen molar-refractivity contribution in [2.75, 3.05) is 25.1 Å². The van der Waals surface area contributed by atoms with Crippen molar-refractivity contribution in [3.8, 4) is 59.2 Å². The zero-order valence-electron chi connectivity index (χ0n) is 58.2. The van der Waals surface area contributed by atoms with E-state index in [1.807, 2.05) is 19.1 Å². The Morgan fingerprint density at radius 2 is 0.885 bits per heavy atom. The first-order valence-corrected chi connectivity index (χ1v) is 36.7. The zero-order chi connectivity index (χ0) is 66.3. The Bertz CT molecular complexity index is 1760. The standard InChI is InChI=1S/C20H32O2.C18H32O2.C8H13Br.C8H14O.C8H12O.C2H6O.BH4.Br3P.Na/c1-3-5-6-7-8-9-10-11-12-13-14-15-16-17-18-19-20(21)22-4-2;1-2-3-4-5-6-7-8-9-10-11-12-13-14-15-16-17-18(19)20;3*1-2-3-4-5-6-7-8-9;1-2-3;;1-4(2)3;/h3-7,10,13-19H2,1-2H3;6-7,9-10H,2-5,8,11-17H2,1H3,(H,19,20);2-5,8H2,1H3;9H,2-5,8H2,1H3;8H,2-5H2,1H3;3H,2H2,1H3;1H4;;/q;;;;;;-1;;+1/b;7-6-,10-9-;;;;;;;/i10D;3*8D;;;1D4;;. The zero-order valence-corrected chi connectivity index (χ0v) is 59.4. The molecule has 448 valence electrons. The second-order valence-electron chi connectivity index (χ2n) is 16.8. The minimum absolute atomic E-state index is 0. The Balaban J connectivity index is -0.000000122. The summed E-state index contributed by atoms with van der Waals surface area (Å²) >= 11 is 12.5. The second kappa shape index (κ2) is 105. The van der Waals surface area contributed by atoms with Gasteiger partial charge in [-0.25, -0.2) is 5.34 Å². The fourth-order valence-electron chi connectivity index (χ4n) is 5.72. The molecule has 7 nitrogen and oxygen atoms in total. The summed E-state index contributed by atoms with van der Waals surface area (Å²) in [4.78, 5) is 31.1. The molecule has 0 radical (unpaired) electrons. The number of esters is 1. The van der Waals surface area contributed by atoms with Gasteiger partial charge in [0.1, 0.15) is 10.6 Å². The summed E-state index contributed by atoms with van der Waals surface area (Å²) in [7, 11) is -3.00. The van der Waals surface area contributed by atoms with Gasteiger partial charge in [0.25, 0.3) is 0 Å². The Morgan fingerprint density at radius 3 is 1.28 bits per heavy atom. The molecule has 0 amide bonds. The van der Waals surface area contributed by atoms with E-state index in [2.05, 4.69) is 168 Å². The van der Waals surface area contributed by atoms with Gasteiger partial charge >= 0.3 is 41.5 Å². The van der Waals surface area contributed by atoms with Gasteiger partial charge in [0, 0.05) is 52.9 Å². The van der Waals surface area contributed by atoms with Crippen molar-refractivity contribution in [1.29, 1.82) is 5.34 Å². The first kappa shape index (κ1) is 77.2. The van der Waals surface area contributed by atoms with Crippen LogP contribution in [0.15, 0.2) is 24.3 Å². The van der Waals surface area contributed by atoms with Crippen molar-refractivity contribution in [2.24, 2.45) is 0 Å². The van der Waals surface area contributed by atoms with Gasteiger partial charge in [0.15, 0.2) is 6.29 Å². The number of hydrogen-bond acceptors (Lipinski definition) is 6. The van der Waals surface area contributed by atoms with Gasteiger partial charge in [0.05, 0.1) is 22.4 Å². The molecule has 0 aromatic rings. The molecule has 0 aromatic heterocycles. The van der Waals surface area contributed by atoms with Crippen LogP contribution in [0.2, 0.25) is 0 Å². The largest absolute Gasteiger partial charge is 1.00 e. The van der Waals surface area contributed by atoms with Crippen LogP contribution in [-0.4, -0.2) is 72.3 Å². The van der Waals surface area contributed by atoms with Crippen LogP contribution in [0.1, 0.15) is 285 Å². The van der Waals surface area contributed by atoms with Crippen LogP contribution in [0.4, 0.5) is 0 Å². The van der Waals surface area contributed by atoms with E-state index in [-0.39, 0.29) is 52.6 Å². The number of allylic oxidation sites excluding steroid dienone is 4. The molecule has 0 aliphatic heterocycles. The van der Waals surface area contributed by atoms with Crippen molar-refractivity contribution < 1.29 is 69.5 Å². The first-order valence-electron chi connectivity index (χ1n) is 33.0. The Morgan fingerprint density at radius 1 is 0.538 bits per heavy atom. The fourth-order valence-corrected chi connectivity index (χ4v) is 5.88. The van der Waals surface area contributed by atoms with Gasteiger partial charge in [-0.3, -0.25) is 14.4 Å². The number of alkyl halides is 1. The van der Waals surface area contributed by atoms with E-state index in [1.54, 1.807) is 6.92 Å². The molecule has 0 aliphatic rings. The Kier molecular flexibility index (Phi) is 104. The number of aldehydes is 1. The van der Waals surface area contributed by atoms with Crippen LogP contribution < -0.4 is 29.6 Å². The number of carbonyl (C=O) groups is 3. The molecule has 0 aromatic carbocycles. The molecule has 3 N–H and O–H groups in total. The smallest absolute Gasteiger partial charge is 0.481 e. The summed E-state index contributed by atoms with van der Waals surface area (Å²) < 4.78 is 57.9. The average Bonchev–Trinajstić information content (AvgIpc) is 3.42. The summed E-state index contributed by atoms with van der Waals surface area (Å²) in [5, 5.41) is 24.1. The number of carboxylic acid groups (broad SMARTS) is 1. The van der Waals surface area contributed by atoms with Crippen LogP contribution in [0.5, 0.6) is 0 Å². The molecular weight excluding hydrogens is 1270 g/mol. The third-order valence-corrected chi connectivity index (χ3v) is 9.90. The molecule has 0 fully saturated rings. The SMILES string of the molecule is BrP(Br)Br.CCCCCC#CC=O.CCO.[2H]C(/C=C\CCCCC)/C=C\CCCCCCCC(=O)O.[2H]C(Br)C#CCCCCC.[2H]C(C#CCCCCC)C#CCCCCCCCC(=O)OCC.[2H]C(O)C#CCCCCC.[2H][B-]([2H])([2H])[2H].[Na+]. The Labute approximate surface area is 551 Å². The molecule has 0 saturated carbocycles. The summed E-state index contributed by atoms with van der Waals surface area (Å²) in [5.41, 5.74) is 0. The first-order chi connectivity index (χ1) is 40.5. The number of rotatable bonds is 34. The van der Waals surface area contributed by atoms with Crippen LogP contribution in [-0.2, 0) is 19.1 Å². The monoisotopic (exact) mass is 1380 g/mol. The topological polar surface area (TPSA) is 121 Å². The fraction of sp³-hybridized carbons (Fsp3) is 0.734. The summed E-state index contributed by atoms with van der Waals surface area (Å²) in [6.07, 6.45) is 43.8. The Hall–Kier alpha value is -0.775. The number of hydrogen-bond donors (Lipinski definition) is 3. The molecule has 4 unspecified atom stereocenters. The normalized spacial score (nSPS) is 12.3. The van der Waals surface area contributed by atoms with E-state index in [0.29, 0.717) is 25.7 Å². The molecule has 78 heavy (non-hydrogen) atoms. The molecule has 4 atom stereocenters. The maximum absolute atomic E-state index is 11.1. The second-order valence-corrected chi connectivity index (χ2v) is 32.6. The van der Waals surface area contributed by atoms with Crippen LogP contribution in [0, 0.1) is 59.2 Å². The van der Waals surface area contributed by atoms with Crippen molar-refractivity contribution in [3.05, 3.63) is 24.3 Å². The molecule has 0 spiro atoms. The number of carboxylic acids is 1. The van der Waals surface area contributed by atoms with E-state index >= 15 is 0 Å². The van der Waals surface area contributed by atoms with Crippen molar-refractivity contribution in [1.82, 2.24) is 0 Å². The molecule has 0 aliphatic carbocycles. The quantitative estimate of drug-likeness (QED) is 0.00858. The van der Waals surface area contributed by atoms with E-state index in [4.69, 9.17) is 30.9 Å². The van der Waals surface area contributed by atoms with Gasteiger partial charge in [-0.1, -0.05) is 215 Å². The number of carbonyl (C=O) groups excluding carboxylic acids is 2. The predicted molar refractivity (Wildman–Crippen MR) is 361 cm³/mol. The van der Waals surface area contributed by atoms with Crippen molar-refractivity contribution in [3.63, 3.8) is 0 Å². The molecule has 0 heterocycles. The van der Waals surface area contributed by atoms with Crippen LogP contribution in [0.25, 0.3) is 0 Å². The number of aliphatic carboxylic acids is 1. The van der Waals surface area contributed by atoms with E-state index < -0.39 is 32.5 Å². The van der Waals surface area contributed by atoms with E-state index in [1.165, 1.54) is 77.0 Å². The van der Waals surface area contributed by atoms with Crippen LogP contribution in [0.3, 0.4) is 0 Å². The van der Waals surface area contributed by atoms with Crippen molar-refractivity contribution >= 4 is 92.9 Å². The maximum atomic E-state index is 11.1. The number of ether oxygens (including phenoxy) is 1. The van der Waals surface area contributed by atoms with Gasteiger partial charge in [-0.05, 0) is 143 Å². The third-order valence-electron chi connectivity index (χ3n) is 9.67. The summed E-state index contributed by atoms with van der Waals surface area (Å²) in [6, 6.07) is 0. The summed E-state index contributed by atoms with van der Waals surface area (Å²) in [6.45, 7) is 13.8. The van der Waals surface area contributed by atoms with E-state index in [9.17, 15) is 14.4 Å². The van der Waals surface area contributed by atoms with Gasteiger partial charge in [-0.2, -0.15) is 0 Å². The van der Waals surface area contributed by atoms with Crippen LogP contribution >= 0.6 is 66.4 Å². The predicted octanol–water partition coefficient (Wildman–Crippen LogP) is 16.4. The third kappa shape index (κ3) is 141.